The Hall–Kier alpha value is -3.50. The predicted octanol–water partition coefficient (Wildman–Crippen LogP) is 5.69. The van der Waals surface area contributed by atoms with Gasteiger partial charge in [-0.1, -0.05) is 61.5 Å². The fraction of sp³-hybridized carbons (Fsp3) is 0.148. The first kappa shape index (κ1) is 20.8. The molecule has 0 saturated carbocycles. The van der Waals surface area contributed by atoms with E-state index in [1.807, 2.05) is 30.3 Å². The third-order valence-electron chi connectivity index (χ3n) is 5.36. The summed E-state index contributed by atoms with van der Waals surface area (Å²) in [6.45, 7) is 4.33. The van der Waals surface area contributed by atoms with Crippen molar-refractivity contribution in [2.45, 2.75) is 20.0 Å². The summed E-state index contributed by atoms with van der Waals surface area (Å²) in [5.74, 6) is -0.408. The number of fused-ring (bicyclic) bond motifs is 1. The summed E-state index contributed by atoms with van der Waals surface area (Å²) < 4.78 is 13.4. The molecule has 0 aliphatic rings. The van der Waals surface area contributed by atoms with Crippen LogP contribution in [0.15, 0.2) is 84.9 Å². The van der Waals surface area contributed by atoms with Crippen molar-refractivity contribution in [3.05, 3.63) is 107 Å². The van der Waals surface area contributed by atoms with Crippen molar-refractivity contribution in [2.75, 3.05) is 6.54 Å². The van der Waals surface area contributed by atoms with Crippen LogP contribution >= 0.6 is 0 Å². The van der Waals surface area contributed by atoms with E-state index in [0.717, 1.165) is 35.2 Å². The van der Waals surface area contributed by atoms with Crippen LogP contribution in [0.3, 0.4) is 0 Å². The fourth-order valence-electron chi connectivity index (χ4n) is 3.69. The molecule has 1 amide bonds. The number of benzene rings is 4. The molecule has 0 aliphatic carbocycles. The topological polar surface area (TPSA) is 41.1 Å². The van der Waals surface area contributed by atoms with E-state index in [0.29, 0.717) is 12.1 Å². The van der Waals surface area contributed by atoms with Crippen LogP contribution in [-0.2, 0) is 13.1 Å². The number of amides is 1. The van der Waals surface area contributed by atoms with E-state index in [9.17, 15) is 9.18 Å². The Morgan fingerprint density at radius 2 is 1.65 bits per heavy atom. The van der Waals surface area contributed by atoms with Crippen LogP contribution in [0.25, 0.3) is 21.9 Å². The Morgan fingerprint density at radius 3 is 2.42 bits per heavy atom. The van der Waals surface area contributed by atoms with Gasteiger partial charge in [-0.25, -0.2) is 4.39 Å². The lowest BCUT2D eigenvalue weighted by Gasteiger charge is -2.11. The standard InChI is InChI=1S/C27H25FN2O/c1-2-29-17-19-9-14-26-23(15-19)6-3-7-24(26)18-30-27(31)21-12-10-20(11-13-21)22-5-4-8-25(28)16-22/h3-16,29H,2,17-18H2,1H3,(H,30,31). The van der Waals surface area contributed by atoms with Gasteiger partial charge in [0.15, 0.2) is 0 Å². The van der Waals surface area contributed by atoms with Gasteiger partial charge in [0.25, 0.3) is 5.91 Å². The number of carbonyl (C=O) groups is 1. The van der Waals surface area contributed by atoms with Crippen LogP contribution < -0.4 is 10.6 Å². The molecule has 0 aromatic heterocycles. The molecule has 4 heteroatoms. The summed E-state index contributed by atoms with van der Waals surface area (Å²) in [4.78, 5) is 12.6. The molecule has 31 heavy (non-hydrogen) atoms. The molecule has 0 unspecified atom stereocenters. The number of halogens is 1. The third kappa shape index (κ3) is 4.98. The summed E-state index contributed by atoms with van der Waals surface area (Å²) in [5.41, 5.74) is 4.56. The molecule has 0 spiro atoms. The van der Waals surface area contributed by atoms with E-state index >= 15 is 0 Å². The van der Waals surface area contributed by atoms with Gasteiger partial charge in [0.1, 0.15) is 5.82 Å². The monoisotopic (exact) mass is 412 g/mol. The van der Waals surface area contributed by atoms with Crippen molar-refractivity contribution >= 4 is 16.7 Å². The van der Waals surface area contributed by atoms with Gasteiger partial charge in [-0.15, -0.1) is 0 Å². The van der Waals surface area contributed by atoms with E-state index in [1.54, 1.807) is 18.2 Å². The summed E-state index contributed by atoms with van der Waals surface area (Å²) in [5, 5.41) is 8.67. The van der Waals surface area contributed by atoms with Crippen molar-refractivity contribution in [1.29, 1.82) is 0 Å². The molecular formula is C27H25FN2O. The van der Waals surface area contributed by atoms with E-state index in [2.05, 4.69) is 41.8 Å². The lowest BCUT2D eigenvalue weighted by molar-refractivity contribution is 0.0951. The summed E-state index contributed by atoms with van der Waals surface area (Å²) in [7, 11) is 0. The summed E-state index contributed by atoms with van der Waals surface area (Å²) in [6, 6.07) is 26.3. The molecule has 4 aromatic carbocycles. The van der Waals surface area contributed by atoms with Crippen LogP contribution in [0, 0.1) is 5.82 Å². The average molecular weight is 413 g/mol. The SMILES string of the molecule is CCNCc1ccc2c(CNC(=O)c3ccc(-c4cccc(F)c4)cc3)cccc2c1. The number of rotatable bonds is 7. The van der Waals surface area contributed by atoms with Crippen molar-refractivity contribution < 1.29 is 9.18 Å². The first-order chi connectivity index (χ1) is 15.1. The highest BCUT2D eigenvalue weighted by Crippen LogP contribution is 2.22. The minimum Gasteiger partial charge on any atom is -0.348 e. The van der Waals surface area contributed by atoms with E-state index in [4.69, 9.17) is 0 Å². The first-order valence-electron chi connectivity index (χ1n) is 10.5. The number of carbonyl (C=O) groups excluding carboxylic acids is 1. The second-order valence-corrected chi connectivity index (χ2v) is 7.52. The van der Waals surface area contributed by atoms with Gasteiger partial charge in [0.2, 0.25) is 0 Å². The van der Waals surface area contributed by atoms with Gasteiger partial charge in [0.05, 0.1) is 0 Å². The zero-order valence-corrected chi connectivity index (χ0v) is 17.5. The largest absolute Gasteiger partial charge is 0.348 e. The Labute approximate surface area is 181 Å². The average Bonchev–Trinajstić information content (AvgIpc) is 2.81. The molecule has 3 nitrogen and oxygen atoms in total. The highest BCUT2D eigenvalue weighted by atomic mass is 19.1. The van der Waals surface area contributed by atoms with E-state index in [1.165, 1.54) is 23.1 Å². The molecule has 0 bridgehead atoms. The Morgan fingerprint density at radius 1 is 0.839 bits per heavy atom. The van der Waals surface area contributed by atoms with E-state index < -0.39 is 0 Å². The van der Waals surface area contributed by atoms with Crippen LogP contribution in [0.2, 0.25) is 0 Å². The molecule has 0 heterocycles. The highest BCUT2D eigenvalue weighted by molar-refractivity contribution is 5.95. The molecule has 0 radical (unpaired) electrons. The normalized spacial score (nSPS) is 10.9. The Bertz CT molecular complexity index is 1200. The molecule has 4 rings (SSSR count). The summed E-state index contributed by atoms with van der Waals surface area (Å²) >= 11 is 0. The van der Waals surface area contributed by atoms with Gasteiger partial charge in [-0.2, -0.15) is 0 Å². The van der Waals surface area contributed by atoms with Crippen LogP contribution in [0.4, 0.5) is 4.39 Å². The summed E-state index contributed by atoms with van der Waals surface area (Å²) in [6.07, 6.45) is 0. The van der Waals surface area contributed by atoms with Crippen LogP contribution in [0.5, 0.6) is 0 Å². The van der Waals surface area contributed by atoms with E-state index in [-0.39, 0.29) is 11.7 Å². The quantitative estimate of drug-likeness (QED) is 0.410. The zero-order valence-electron chi connectivity index (χ0n) is 17.5. The van der Waals surface area contributed by atoms with Gasteiger partial charge >= 0.3 is 0 Å². The van der Waals surface area contributed by atoms with Crippen LogP contribution in [-0.4, -0.2) is 12.5 Å². The first-order valence-corrected chi connectivity index (χ1v) is 10.5. The molecule has 2 N–H and O–H groups in total. The number of hydrogen-bond donors (Lipinski definition) is 2. The van der Waals surface area contributed by atoms with Crippen molar-refractivity contribution in [1.82, 2.24) is 10.6 Å². The van der Waals surface area contributed by atoms with Gasteiger partial charge in [0, 0.05) is 18.7 Å². The molecule has 0 fully saturated rings. The predicted molar refractivity (Wildman–Crippen MR) is 124 cm³/mol. The van der Waals surface area contributed by atoms with Crippen molar-refractivity contribution in [2.24, 2.45) is 0 Å². The second-order valence-electron chi connectivity index (χ2n) is 7.52. The van der Waals surface area contributed by atoms with Crippen molar-refractivity contribution in [3.8, 4) is 11.1 Å². The lowest BCUT2D eigenvalue weighted by atomic mass is 10.0. The van der Waals surface area contributed by atoms with Gasteiger partial charge in [-0.05, 0) is 69.9 Å². The van der Waals surface area contributed by atoms with Crippen molar-refractivity contribution in [3.63, 3.8) is 0 Å². The highest BCUT2D eigenvalue weighted by Gasteiger charge is 2.08. The molecule has 0 aliphatic heterocycles. The van der Waals surface area contributed by atoms with Crippen LogP contribution in [0.1, 0.15) is 28.4 Å². The smallest absolute Gasteiger partial charge is 0.251 e. The number of hydrogen-bond acceptors (Lipinski definition) is 2. The maximum atomic E-state index is 13.4. The molecule has 0 atom stereocenters. The molecule has 0 saturated heterocycles. The minimum atomic E-state index is -0.275. The molecular weight excluding hydrogens is 387 g/mol. The number of nitrogens with one attached hydrogen (secondary N) is 2. The third-order valence-corrected chi connectivity index (χ3v) is 5.36. The second kappa shape index (κ2) is 9.54. The maximum absolute atomic E-state index is 13.4. The van der Waals surface area contributed by atoms with Gasteiger partial charge < -0.3 is 10.6 Å². The minimum absolute atomic E-state index is 0.133. The Balaban J connectivity index is 1.45. The Kier molecular flexibility index (Phi) is 6.39. The fourth-order valence-corrected chi connectivity index (χ4v) is 3.69. The maximum Gasteiger partial charge on any atom is 0.251 e. The molecule has 156 valence electrons. The van der Waals surface area contributed by atoms with Gasteiger partial charge in [-0.3, -0.25) is 4.79 Å². The molecule has 4 aromatic rings. The lowest BCUT2D eigenvalue weighted by Crippen LogP contribution is -2.22. The zero-order chi connectivity index (χ0) is 21.6.